The Kier molecular flexibility index (Phi) is 10.5. The molecule has 0 N–H and O–H groups in total. The number of amides is 2. The van der Waals surface area contributed by atoms with Gasteiger partial charge < -0.3 is 24.2 Å². The lowest BCUT2D eigenvalue weighted by Crippen LogP contribution is -2.49. The molecule has 2 amide bonds. The number of likely N-dealkylation sites (N-methyl/N-ethyl adjacent to an activating group) is 3. The Morgan fingerprint density at radius 3 is 2.14 bits per heavy atom. The highest BCUT2D eigenvalue weighted by Crippen LogP contribution is 2.27. The molecule has 1 aliphatic rings. The topological polar surface area (TPSA) is 99.7 Å². The van der Waals surface area contributed by atoms with E-state index in [0.717, 1.165) is 12.8 Å². The molecular formula is C24H40N4O6S. The third-order valence-corrected chi connectivity index (χ3v) is 8.49. The van der Waals surface area contributed by atoms with Crippen LogP contribution in [-0.2, 0) is 24.3 Å². The smallest absolute Gasteiger partial charge is 0.248 e. The molecule has 2 rings (SSSR count). The van der Waals surface area contributed by atoms with Gasteiger partial charge in [-0.1, -0.05) is 0 Å². The highest BCUT2D eigenvalue weighted by Gasteiger charge is 2.28. The first-order valence-corrected chi connectivity index (χ1v) is 13.2. The molecule has 0 atom stereocenters. The number of carbonyl (C=O) groups is 2. The van der Waals surface area contributed by atoms with E-state index in [1.54, 1.807) is 45.0 Å². The van der Waals surface area contributed by atoms with Crippen molar-refractivity contribution in [2.24, 2.45) is 0 Å². The van der Waals surface area contributed by atoms with Crippen molar-refractivity contribution in [3.8, 4) is 5.75 Å². The van der Waals surface area contributed by atoms with Crippen molar-refractivity contribution in [1.82, 2.24) is 19.0 Å². The van der Waals surface area contributed by atoms with Crippen LogP contribution in [0.5, 0.6) is 5.75 Å². The number of sulfonamides is 1. The molecule has 0 unspecified atom stereocenters. The van der Waals surface area contributed by atoms with Crippen LogP contribution in [0, 0.1) is 13.8 Å². The molecule has 0 aliphatic carbocycles. The number of aryl methyl sites for hydroxylation is 2. The van der Waals surface area contributed by atoms with Crippen LogP contribution in [0.1, 0.15) is 24.0 Å². The summed E-state index contributed by atoms with van der Waals surface area (Å²) < 4.78 is 38.1. The Morgan fingerprint density at radius 2 is 1.63 bits per heavy atom. The molecule has 0 aromatic heterocycles. The molecule has 1 aromatic carbocycles. The van der Waals surface area contributed by atoms with E-state index in [9.17, 15) is 18.0 Å². The Hall–Kier alpha value is -2.21. The maximum Gasteiger partial charge on any atom is 0.248 e. The summed E-state index contributed by atoms with van der Waals surface area (Å²) in [5.41, 5.74) is 1.22. The van der Waals surface area contributed by atoms with Gasteiger partial charge in [-0.3, -0.25) is 9.59 Å². The van der Waals surface area contributed by atoms with Crippen molar-refractivity contribution in [3.05, 3.63) is 23.3 Å². The quantitative estimate of drug-likeness (QED) is 0.407. The van der Waals surface area contributed by atoms with Crippen LogP contribution in [0.15, 0.2) is 17.0 Å². The van der Waals surface area contributed by atoms with E-state index in [4.69, 9.17) is 9.47 Å². The highest BCUT2D eigenvalue weighted by atomic mass is 32.2. The molecule has 1 heterocycles. The largest absolute Gasteiger partial charge is 0.497 e. The van der Waals surface area contributed by atoms with Gasteiger partial charge in [-0.15, -0.1) is 0 Å². The minimum atomic E-state index is -3.71. The summed E-state index contributed by atoms with van der Waals surface area (Å²) in [6, 6.07) is 3.45. The van der Waals surface area contributed by atoms with E-state index in [1.165, 1.54) is 11.4 Å². The summed E-state index contributed by atoms with van der Waals surface area (Å²) in [5.74, 6) is 0.554. The van der Waals surface area contributed by atoms with Crippen molar-refractivity contribution >= 4 is 21.8 Å². The van der Waals surface area contributed by atoms with Crippen LogP contribution in [0.2, 0.25) is 0 Å². The number of likely N-dealkylation sites (tertiary alicyclic amines) is 1. The van der Waals surface area contributed by atoms with Crippen LogP contribution < -0.4 is 4.74 Å². The fourth-order valence-electron chi connectivity index (χ4n) is 4.24. The van der Waals surface area contributed by atoms with Crippen LogP contribution in [-0.4, -0.2) is 120 Å². The predicted octanol–water partition coefficient (Wildman–Crippen LogP) is 0.960. The summed E-state index contributed by atoms with van der Waals surface area (Å²) in [6.45, 7) is 5.22. The van der Waals surface area contributed by atoms with Crippen molar-refractivity contribution in [1.29, 1.82) is 0 Å². The molecule has 0 bridgehead atoms. The average molecular weight is 513 g/mol. The van der Waals surface area contributed by atoms with Crippen molar-refractivity contribution in [2.75, 3.05) is 74.7 Å². The van der Waals surface area contributed by atoms with Gasteiger partial charge in [-0.05, 0) is 64.0 Å². The molecule has 0 spiro atoms. The molecule has 1 aliphatic heterocycles. The normalized spacial score (nSPS) is 15.1. The molecule has 0 radical (unpaired) electrons. The summed E-state index contributed by atoms with van der Waals surface area (Å²) in [6.07, 6.45) is 1.45. The maximum atomic E-state index is 13.1. The second-order valence-corrected chi connectivity index (χ2v) is 11.3. The van der Waals surface area contributed by atoms with Gasteiger partial charge in [0.2, 0.25) is 21.8 Å². The van der Waals surface area contributed by atoms with Gasteiger partial charge in [-0.25, -0.2) is 8.42 Å². The van der Waals surface area contributed by atoms with E-state index in [1.807, 2.05) is 23.9 Å². The van der Waals surface area contributed by atoms with E-state index in [2.05, 4.69) is 0 Å². The summed E-state index contributed by atoms with van der Waals surface area (Å²) in [5, 5.41) is 0. The zero-order chi connectivity index (χ0) is 26.3. The van der Waals surface area contributed by atoms with Crippen LogP contribution in [0.3, 0.4) is 0 Å². The number of nitrogens with zero attached hydrogens (tertiary/aromatic N) is 4. The van der Waals surface area contributed by atoms with Crippen LogP contribution >= 0.6 is 0 Å². The van der Waals surface area contributed by atoms with E-state index >= 15 is 0 Å². The molecule has 1 fully saturated rings. The minimum absolute atomic E-state index is 0.0542. The number of hydrogen-bond acceptors (Lipinski definition) is 7. The van der Waals surface area contributed by atoms with Gasteiger partial charge in [-0.2, -0.15) is 4.31 Å². The van der Waals surface area contributed by atoms with Crippen molar-refractivity contribution in [2.45, 2.75) is 37.6 Å². The predicted molar refractivity (Wildman–Crippen MR) is 134 cm³/mol. The monoisotopic (exact) mass is 512 g/mol. The Balaban J connectivity index is 1.81. The SMILES string of the molecule is COc1cc(C)c(S(=O)(=O)N(C)CCOCC(=O)N(C)C2CCN(C(=O)CN(C)C)CC2)c(C)c1. The van der Waals surface area contributed by atoms with E-state index < -0.39 is 10.0 Å². The number of hydrogen-bond donors (Lipinski definition) is 0. The van der Waals surface area contributed by atoms with Crippen LogP contribution in [0.4, 0.5) is 0 Å². The minimum Gasteiger partial charge on any atom is -0.497 e. The van der Waals surface area contributed by atoms with Gasteiger partial charge in [0.1, 0.15) is 12.4 Å². The molecule has 11 heteroatoms. The molecule has 10 nitrogen and oxygen atoms in total. The average Bonchev–Trinajstić information content (AvgIpc) is 2.79. The summed E-state index contributed by atoms with van der Waals surface area (Å²) in [7, 11) is 4.81. The first-order chi connectivity index (χ1) is 16.4. The summed E-state index contributed by atoms with van der Waals surface area (Å²) >= 11 is 0. The zero-order valence-electron chi connectivity index (χ0n) is 22.0. The number of piperidine rings is 1. The van der Waals surface area contributed by atoms with Gasteiger partial charge in [0.05, 0.1) is 25.2 Å². The van der Waals surface area contributed by atoms with Gasteiger partial charge in [0.25, 0.3) is 0 Å². The molecule has 0 saturated carbocycles. The maximum absolute atomic E-state index is 13.1. The molecular weight excluding hydrogens is 472 g/mol. The standard InChI is InChI=1S/C24H40N4O6S/c1-18-14-21(33-7)15-19(2)24(18)35(31,32)26(5)12-13-34-17-23(30)27(6)20-8-10-28(11-9-20)22(29)16-25(3)4/h14-15,20H,8-13,16-17H2,1-7H3. The fourth-order valence-corrected chi connectivity index (χ4v) is 5.80. The third kappa shape index (κ3) is 7.63. The third-order valence-electron chi connectivity index (χ3n) is 6.32. The number of ether oxygens (including phenoxy) is 2. The Bertz CT molecular complexity index is 967. The molecule has 198 valence electrons. The molecule has 1 aromatic rings. The first-order valence-electron chi connectivity index (χ1n) is 11.8. The van der Waals surface area contributed by atoms with Crippen molar-refractivity contribution < 1.29 is 27.5 Å². The van der Waals surface area contributed by atoms with E-state index in [0.29, 0.717) is 36.5 Å². The number of benzene rings is 1. The number of rotatable bonds is 11. The van der Waals surface area contributed by atoms with Gasteiger partial charge in [0.15, 0.2) is 0 Å². The van der Waals surface area contributed by atoms with Gasteiger partial charge in [0, 0.05) is 39.8 Å². The molecule has 1 saturated heterocycles. The van der Waals surface area contributed by atoms with Crippen molar-refractivity contribution in [3.63, 3.8) is 0 Å². The van der Waals surface area contributed by atoms with Crippen LogP contribution in [0.25, 0.3) is 0 Å². The zero-order valence-corrected chi connectivity index (χ0v) is 22.9. The lowest BCUT2D eigenvalue weighted by Gasteiger charge is -2.37. The first kappa shape index (κ1) is 29.0. The Labute approximate surface area is 209 Å². The van der Waals surface area contributed by atoms with Gasteiger partial charge >= 0.3 is 0 Å². The second-order valence-electron chi connectivity index (χ2n) is 9.32. The highest BCUT2D eigenvalue weighted by molar-refractivity contribution is 7.89. The molecule has 35 heavy (non-hydrogen) atoms. The lowest BCUT2D eigenvalue weighted by atomic mass is 10.0. The second kappa shape index (κ2) is 12.7. The Morgan fingerprint density at radius 1 is 1.06 bits per heavy atom. The summed E-state index contributed by atoms with van der Waals surface area (Å²) in [4.78, 5) is 30.4. The van der Waals surface area contributed by atoms with E-state index in [-0.39, 0.29) is 42.5 Å². The fraction of sp³-hybridized carbons (Fsp3) is 0.667. The number of methoxy groups -OCH3 is 1. The lowest BCUT2D eigenvalue weighted by molar-refractivity contribution is -0.139. The number of carbonyl (C=O) groups excluding carboxylic acids is 2.